The van der Waals surface area contributed by atoms with Gasteiger partial charge in [0.1, 0.15) is 0 Å². The Kier molecular flexibility index (Phi) is 5.75. The Bertz CT molecular complexity index is 436. The summed E-state index contributed by atoms with van der Waals surface area (Å²) in [5, 5.41) is 3.81. The fourth-order valence-electron chi connectivity index (χ4n) is 3.19. The van der Waals surface area contributed by atoms with Gasteiger partial charge < -0.3 is 5.32 Å². The molecule has 0 amide bonds. The predicted octanol–water partition coefficient (Wildman–Crippen LogP) is 3.73. The zero-order valence-corrected chi connectivity index (χ0v) is 14.8. The van der Waals surface area contributed by atoms with Crippen molar-refractivity contribution >= 4 is 11.8 Å². The predicted molar refractivity (Wildman–Crippen MR) is 95.1 cm³/mol. The van der Waals surface area contributed by atoms with E-state index in [-0.39, 0.29) is 11.1 Å². The highest BCUT2D eigenvalue weighted by molar-refractivity contribution is 7.98. The maximum Gasteiger partial charge on any atom is 0.0558 e. The van der Waals surface area contributed by atoms with Crippen LogP contribution in [-0.2, 0) is 5.54 Å². The van der Waals surface area contributed by atoms with Gasteiger partial charge in [0.2, 0.25) is 0 Å². The van der Waals surface area contributed by atoms with Gasteiger partial charge in [0.15, 0.2) is 0 Å². The SMILES string of the molecule is CCC1(C)CN(CCCSC)C(C)(c2ccccc2)CN1. The van der Waals surface area contributed by atoms with Crippen molar-refractivity contribution in [2.45, 2.75) is 44.7 Å². The van der Waals surface area contributed by atoms with Gasteiger partial charge >= 0.3 is 0 Å². The van der Waals surface area contributed by atoms with E-state index in [2.05, 4.69) is 67.6 Å². The average molecular weight is 307 g/mol. The Labute approximate surface area is 134 Å². The van der Waals surface area contributed by atoms with Crippen LogP contribution in [-0.4, -0.2) is 42.1 Å². The number of rotatable bonds is 6. The van der Waals surface area contributed by atoms with E-state index in [9.17, 15) is 0 Å². The highest BCUT2D eigenvalue weighted by Gasteiger charge is 2.42. The molecule has 21 heavy (non-hydrogen) atoms. The van der Waals surface area contributed by atoms with Gasteiger partial charge in [0.05, 0.1) is 5.54 Å². The Balaban J connectivity index is 2.21. The molecule has 0 radical (unpaired) electrons. The minimum Gasteiger partial charge on any atom is -0.308 e. The molecule has 1 fully saturated rings. The molecule has 2 atom stereocenters. The second kappa shape index (κ2) is 7.17. The molecule has 3 heteroatoms. The number of hydrogen-bond acceptors (Lipinski definition) is 3. The molecular formula is C18H30N2S. The zero-order chi connectivity index (χ0) is 15.3. The van der Waals surface area contributed by atoms with Crippen LogP contribution in [0, 0.1) is 0 Å². The molecular weight excluding hydrogens is 276 g/mol. The van der Waals surface area contributed by atoms with Crippen molar-refractivity contribution in [1.29, 1.82) is 0 Å². The summed E-state index contributed by atoms with van der Waals surface area (Å²) in [5.74, 6) is 1.25. The molecule has 0 saturated carbocycles. The Morgan fingerprint density at radius 1 is 1.24 bits per heavy atom. The molecule has 0 bridgehead atoms. The summed E-state index contributed by atoms with van der Waals surface area (Å²) in [5.41, 5.74) is 1.78. The van der Waals surface area contributed by atoms with E-state index < -0.39 is 0 Å². The minimum atomic E-state index is 0.106. The lowest BCUT2D eigenvalue weighted by Gasteiger charge is -2.52. The molecule has 2 nitrogen and oxygen atoms in total. The molecule has 1 N–H and O–H groups in total. The number of hydrogen-bond donors (Lipinski definition) is 1. The molecule has 1 aliphatic rings. The first-order valence-corrected chi connectivity index (χ1v) is 9.48. The largest absolute Gasteiger partial charge is 0.308 e. The summed E-state index contributed by atoms with van der Waals surface area (Å²) in [6, 6.07) is 11.0. The maximum atomic E-state index is 3.81. The average Bonchev–Trinajstić information content (AvgIpc) is 2.52. The minimum absolute atomic E-state index is 0.106. The van der Waals surface area contributed by atoms with Crippen molar-refractivity contribution < 1.29 is 0 Å². The standard InChI is InChI=1S/C18H30N2S/c1-5-17(2)15-20(12-9-13-21-4)18(3,14-19-17)16-10-7-6-8-11-16/h6-8,10-11,19H,5,9,12-15H2,1-4H3. The van der Waals surface area contributed by atoms with Gasteiger partial charge in [-0.15, -0.1) is 0 Å². The van der Waals surface area contributed by atoms with Gasteiger partial charge in [0, 0.05) is 18.6 Å². The number of piperazine rings is 1. The van der Waals surface area contributed by atoms with Crippen LogP contribution in [0.4, 0.5) is 0 Å². The topological polar surface area (TPSA) is 15.3 Å². The molecule has 1 heterocycles. The van der Waals surface area contributed by atoms with Crippen molar-refractivity contribution in [3.63, 3.8) is 0 Å². The van der Waals surface area contributed by atoms with Gasteiger partial charge in [-0.3, -0.25) is 4.90 Å². The molecule has 0 aromatic heterocycles. The molecule has 1 saturated heterocycles. The quantitative estimate of drug-likeness (QED) is 0.806. The zero-order valence-electron chi connectivity index (χ0n) is 14.0. The molecule has 1 aromatic carbocycles. The Hall–Kier alpha value is -0.510. The summed E-state index contributed by atoms with van der Waals surface area (Å²) in [6.07, 6.45) is 4.64. The lowest BCUT2D eigenvalue weighted by Crippen LogP contribution is -2.66. The molecule has 118 valence electrons. The van der Waals surface area contributed by atoms with Gasteiger partial charge in [-0.25, -0.2) is 0 Å². The van der Waals surface area contributed by atoms with Crippen molar-refractivity contribution in [2.24, 2.45) is 0 Å². The van der Waals surface area contributed by atoms with Crippen LogP contribution in [0.15, 0.2) is 30.3 Å². The lowest BCUT2D eigenvalue weighted by molar-refractivity contribution is 0.0171. The van der Waals surface area contributed by atoms with Crippen molar-refractivity contribution in [1.82, 2.24) is 10.2 Å². The third-order valence-electron chi connectivity index (χ3n) is 5.05. The second-order valence-electron chi connectivity index (χ2n) is 6.68. The maximum absolute atomic E-state index is 3.81. The fourth-order valence-corrected chi connectivity index (χ4v) is 3.61. The molecule has 0 spiro atoms. The number of benzene rings is 1. The van der Waals surface area contributed by atoms with Gasteiger partial charge in [0.25, 0.3) is 0 Å². The summed E-state index contributed by atoms with van der Waals surface area (Å²) in [4.78, 5) is 2.71. The smallest absolute Gasteiger partial charge is 0.0558 e. The monoisotopic (exact) mass is 306 g/mol. The second-order valence-corrected chi connectivity index (χ2v) is 7.66. The Morgan fingerprint density at radius 3 is 2.57 bits per heavy atom. The lowest BCUT2D eigenvalue weighted by atomic mass is 9.82. The van der Waals surface area contributed by atoms with Crippen LogP contribution in [0.3, 0.4) is 0 Å². The highest BCUT2D eigenvalue weighted by Crippen LogP contribution is 2.34. The van der Waals surface area contributed by atoms with Crippen LogP contribution in [0.5, 0.6) is 0 Å². The molecule has 1 aliphatic heterocycles. The van der Waals surface area contributed by atoms with E-state index >= 15 is 0 Å². The van der Waals surface area contributed by atoms with Gasteiger partial charge in [-0.1, -0.05) is 37.3 Å². The normalized spacial score (nSPS) is 30.5. The third-order valence-corrected chi connectivity index (χ3v) is 5.75. The number of nitrogens with one attached hydrogen (secondary N) is 1. The first-order chi connectivity index (χ1) is 10.0. The molecule has 0 aliphatic carbocycles. The highest BCUT2D eigenvalue weighted by atomic mass is 32.2. The van der Waals surface area contributed by atoms with E-state index in [1.54, 1.807) is 0 Å². The van der Waals surface area contributed by atoms with E-state index in [0.717, 1.165) is 13.1 Å². The van der Waals surface area contributed by atoms with Crippen molar-refractivity contribution in [3.8, 4) is 0 Å². The van der Waals surface area contributed by atoms with Crippen molar-refractivity contribution in [3.05, 3.63) is 35.9 Å². The van der Waals surface area contributed by atoms with Crippen LogP contribution in [0.2, 0.25) is 0 Å². The molecule has 1 aromatic rings. The third kappa shape index (κ3) is 3.82. The number of nitrogens with zero attached hydrogens (tertiary/aromatic N) is 1. The molecule has 2 unspecified atom stereocenters. The molecule has 2 rings (SSSR count). The van der Waals surface area contributed by atoms with Gasteiger partial charge in [-0.05, 0) is 50.8 Å². The first kappa shape index (κ1) is 16.9. The van der Waals surface area contributed by atoms with Crippen LogP contribution in [0.1, 0.15) is 39.2 Å². The van der Waals surface area contributed by atoms with Crippen LogP contribution >= 0.6 is 11.8 Å². The first-order valence-electron chi connectivity index (χ1n) is 8.08. The van der Waals surface area contributed by atoms with Crippen molar-refractivity contribution in [2.75, 3.05) is 31.6 Å². The fraction of sp³-hybridized carbons (Fsp3) is 0.667. The number of thioether (sulfide) groups is 1. The van der Waals surface area contributed by atoms with Crippen LogP contribution < -0.4 is 5.32 Å². The van der Waals surface area contributed by atoms with Crippen LogP contribution in [0.25, 0.3) is 0 Å². The van der Waals surface area contributed by atoms with E-state index in [1.165, 1.54) is 30.7 Å². The summed E-state index contributed by atoms with van der Waals surface area (Å²) >= 11 is 1.95. The van der Waals surface area contributed by atoms with E-state index in [1.807, 2.05) is 11.8 Å². The summed E-state index contributed by atoms with van der Waals surface area (Å²) in [6.45, 7) is 10.4. The van der Waals surface area contributed by atoms with Gasteiger partial charge in [-0.2, -0.15) is 11.8 Å². The van der Waals surface area contributed by atoms with E-state index in [0.29, 0.717) is 0 Å². The summed E-state index contributed by atoms with van der Waals surface area (Å²) in [7, 11) is 0. The Morgan fingerprint density at radius 2 is 1.95 bits per heavy atom. The van der Waals surface area contributed by atoms with E-state index in [4.69, 9.17) is 0 Å². The summed E-state index contributed by atoms with van der Waals surface area (Å²) < 4.78 is 0.